The van der Waals surface area contributed by atoms with Crippen LogP contribution in [-0.2, 0) is 33.3 Å². The standard InChI is InChI=1S/C27H39ClO9/c1-5-6-10-34-25(32)12-16(2)11-22(31)27-24-14-19(36-27)13-21(30)20(28)9-7-8-17(3)23(35-18(4)29)15-26(33)37-24/h8-9,11,19,21-24,27,30-31H,5-7,10,12-15H2,1-4H3/b16-11+,17-8+,20-9-/t19-,21+,22+,23-,24-,27-/m0/s1. The average Bonchev–Trinajstić information content (AvgIpc) is 3.19. The summed E-state index contributed by atoms with van der Waals surface area (Å²) < 4.78 is 22.2. The average molecular weight is 543 g/mol. The Morgan fingerprint density at radius 1 is 1.27 bits per heavy atom. The topological polar surface area (TPSA) is 129 Å². The molecule has 37 heavy (non-hydrogen) atoms. The van der Waals surface area contributed by atoms with E-state index in [0.717, 1.165) is 12.8 Å². The molecule has 2 bridgehead atoms. The van der Waals surface area contributed by atoms with Crippen molar-refractivity contribution in [1.29, 1.82) is 0 Å². The van der Waals surface area contributed by atoms with Gasteiger partial charge in [-0.05, 0) is 32.3 Å². The number of hydrogen-bond donors (Lipinski definition) is 2. The molecule has 9 nitrogen and oxygen atoms in total. The number of carbonyl (C=O) groups is 3. The van der Waals surface area contributed by atoms with Crippen LogP contribution in [-0.4, -0.2) is 71.4 Å². The second kappa shape index (κ2) is 15.3. The van der Waals surface area contributed by atoms with Crippen LogP contribution in [0, 0.1) is 0 Å². The molecular formula is C27H39ClO9. The zero-order valence-electron chi connectivity index (χ0n) is 22.0. The molecule has 208 valence electrons. The van der Waals surface area contributed by atoms with Gasteiger partial charge in [-0.25, -0.2) is 0 Å². The van der Waals surface area contributed by atoms with Crippen LogP contribution in [0.3, 0.4) is 0 Å². The number of ether oxygens (including phenoxy) is 4. The molecule has 0 aromatic carbocycles. The van der Waals surface area contributed by atoms with Gasteiger partial charge in [0, 0.05) is 24.8 Å². The minimum atomic E-state index is -1.18. The number of unbranched alkanes of at least 4 members (excludes halogenated alkanes) is 1. The molecule has 1 saturated heterocycles. The zero-order valence-corrected chi connectivity index (χ0v) is 22.7. The minimum absolute atomic E-state index is 0.0101. The molecule has 2 aliphatic rings. The molecule has 0 radical (unpaired) electrons. The van der Waals surface area contributed by atoms with Gasteiger partial charge in [0.15, 0.2) is 0 Å². The summed E-state index contributed by atoms with van der Waals surface area (Å²) in [5.41, 5.74) is 1.22. The Morgan fingerprint density at radius 3 is 2.68 bits per heavy atom. The number of rotatable bonds is 8. The highest BCUT2D eigenvalue weighted by atomic mass is 35.5. The van der Waals surface area contributed by atoms with Crippen molar-refractivity contribution < 1.29 is 43.5 Å². The first-order valence-electron chi connectivity index (χ1n) is 12.7. The molecule has 0 aromatic rings. The van der Waals surface area contributed by atoms with Crippen molar-refractivity contribution in [1.82, 2.24) is 0 Å². The molecule has 10 heteroatoms. The van der Waals surface area contributed by atoms with E-state index in [2.05, 4.69) is 0 Å². The lowest BCUT2D eigenvalue weighted by Crippen LogP contribution is -2.37. The number of halogens is 1. The maximum Gasteiger partial charge on any atom is 0.310 e. The summed E-state index contributed by atoms with van der Waals surface area (Å²) in [5.74, 6) is -1.54. The van der Waals surface area contributed by atoms with Crippen LogP contribution >= 0.6 is 11.6 Å². The fourth-order valence-corrected chi connectivity index (χ4v) is 4.41. The van der Waals surface area contributed by atoms with E-state index >= 15 is 0 Å². The van der Waals surface area contributed by atoms with Gasteiger partial charge in [0.2, 0.25) is 0 Å². The number of hydrogen-bond acceptors (Lipinski definition) is 9. The highest BCUT2D eigenvalue weighted by Gasteiger charge is 2.42. The van der Waals surface area contributed by atoms with Gasteiger partial charge in [0.05, 0.1) is 31.7 Å². The van der Waals surface area contributed by atoms with E-state index in [9.17, 15) is 24.6 Å². The maximum atomic E-state index is 12.8. The fourth-order valence-electron chi connectivity index (χ4n) is 4.23. The predicted molar refractivity (Wildman–Crippen MR) is 137 cm³/mol. The third-order valence-corrected chi connectivity index (χ3v) is 6.60. The van der Waals surface area contributed by atoms with Crippen LogP contribution < -0.4 is 0 Å². The minimum Gasteiger partial charge on any atom is -0.465 e. The maximum absolute atomic E-state index is 12.8. The molecule has 0 saturated carbocycles. The van der Waals surface area contributed by atoms with Crippen LogP contribution in [0.1, 0.15) is 72.6 Å². The number of allylic oxidation sites excluding steroid dienone is 2. The van der Waals surface area contributed by atoms with E-state index in [1.165, 1.54) is 13.0 Å². The van der Waals surface area contributed by atoms with Crippen LogP contribution in [0.4, 0.5) is 0 Å². The van der Waals surface area contributed by atoms with Gasteiger partial charge in [-0.15, -0.1) is 0 Å². The van der Waals surface area contributed by atoms with E-state index in [-0.39, 0.29) is 30.7 Å². The third kappa shape index (κ3) is 10.6. The normalized spacial score (nSPS) is 31.2. The number of esters is 3. The first-order chi connectivity index (χ1) is 17.5. The van der Waals surface area contributed by atoms with Crippen molar-refractivity contribution in [2.75, 3.05) is 6.61 Å². The number of carbonyl (C=O) groups excluding carboxylic acids is 3. The predicted octanol–water partition coefficient (Wildman–Crippen LogP) is 3.64. The zero-order chi connectivity index (χ0) is 27.5. The molecule has 0 unspecified atom stereocenters. The molecule has 1 fully saturated rings. The summed E-state index contributed by atoms with van der Waals surface area (Å²) >= 11 is 6.28. The summed E-state index contributed by atoms with van der Waals surface area (Å²) in [5, 5.41) is 21.7. The van der Waals surface area contributed by atoms with Gasteiger partial charge in [0.1, 0.15) is 24.4 Å². The molecule has 0 aromatic heterocycles. The second-order valence-corrected chi connectivity index (χ2v) is 10.0. The van der Waals surface area contributed by atoms with Crippen LogP contribution in [0.25, 0.3) is 0 Å². The van der Waals surface area contributed by atoms with Gasteiger partial charge >= 0.3 is 17.9 Å². The summed E-state index contributed by atoms with van der Waals surface area (Å²) in [4.78, 5) is 36.4. The van der Waals surface area contributed by atoms with Gasteiger partial charge in [-0.3, -0.25) is 14.4 Å². The first-order valence-corrected chi connectivity index (χ1v) is 13.1. The monoisotopic (exact) mass is 542 g/mol. The Morgan fingerprint density at radius 2 is 2.00 bits per heavy atom. The van der Waals surface area contributed by atoms with E-state index in [4.69, 9.17) is 30.5 Å². The van der Waals surface area contributed by atoms with Crippen LogP contribution in [0.2, 0.25) is 0 Å². The van der Waals surface area contributed by atoms with Gasteiger partial charge in [-0.2, -0.15) is 0 Å². The van der Waals surface area contributed by atoms with E-state index in [0.29, 0.717) is 24.2 Å². The Balaban J connectivity index is 2.21. The van der Waals surface area contributed by atoms with Crippen molar-refractivity contribution in [3.8, 4) is 0 Å². The Hall–Kier alpha value is -2.20. The molecule has 6 atom stereocenters. The number of aliphatic hydroxyl groups is 2. The largest absolute Gasteiger partial charge is 0.465 e. The lowest BCUT2D eigenvalue weighted by atomic mass is 10.0. The lowest BCUT2D eigenvalue weighted by molar-refractivity contribution is -0.159. The summed E-state index contributed by atoms with van der Waals surface area (Å²) in [7, 11) is 0. The molecule has 2 N–H and O–H groups in total. The van der Waals surface area contributed by atoms with Crippen LogP contribution in [0.15, 0.2) is 34.4 Å². The van der Waals surface area contributed by atoms with Gasteiger partial charge < -0.3 is 29.2 Å². The first kappa shape index (κ1) is 31.0. The molecule has 0 spiro atoms. The van der Waals surface area contributed by atoms with Crippen molar-refractivity contribution in [2.24, 2.45) is 0 Å². The second-order valence-electron chi connectivity index (χ2n) is 9.57. The van der Waals surface area contributed by atoms with E-state index in [1.807, 2.05) is 6.92 Å². The molecule has 2 heterocycles. The van der Waals surface area contributed by atoms with E-state index < -0.39 is 54.5 Å². The van der Waals surface area contributed by atoms with Crippen molar-refractivity contribution in [2.45, 2.75) is 109 Å². The summed E-state index contributed by atoms with van der Waals surface area (Å²) in [6, 6.07) is 0. The summed E-state index contributed by atoms with van der Waals surface area (Å²) in [6.07, 6.45) is 1.84. The third-order valence-electron chi connectivity index (χ3n) is 6.20. The summed E-state index contributed by atoms with van der Waals surface area (Å²) in [6.45, 7) is 7.03. The molecule has 2 aliphatic heterocycles. The number of aliphatic hydroxyl groups excluding tert-OH is 2. The highest BCUT2D eigenvalue weighted by molar-refractivity contribution is 6.30. The smallest absolute Gasteiger partial charge is 0.310 e. The molecule has 0 aliphatic carbocycles. The number of fused-ring (bicyclic) bond motifs is 2. The Bertz CT molecular complexity index is 894. The van der Waals surface area contributed by atoms with Crippen molar-refractivity contribution >= 4 is 29.5 Å². The fraction of sp³-hybridized carbons (Fsp3) is 0.667. The Labute approximate surface area is 223 Å². The molecular weight excluding hydrogens is 504 g/mol. The van der Waals surface area contributed by atoms with Crippen molar-refractivity contribution in [3.63, 3.8) is 0 Å². The van der Waals surface area contributed by atoms with E-state index in [1.54, 1.807) is 26.0 Å². The quantitative estimate of drug-likeness (QED) is 0.204. The highest BCUT2D eigenvalue weighted by Crippen LogP contribution is 2.32. The lowest BCUT2D eigenvalue weighted by Gasteiger charge is -2.24. The van der Waals surface area contributed by atoms with Gasteiger partial charge in [0.25, 0.3) is 0 Å². The Kier molecular flexibility index (Phi) is 12.8. The van der Waals surface area contributed by atoms with Crippen LogP contribution in [0.5, 0.6) is 0 Å². The SMILES string of the molecule is CCCCOC(=O)C/C(C)=C/[C@@H](O)[C@@H]1O[C@H]2C[C@@H](O)/C(Cl)=C/C/C=C(\C)[C@@H](OC(C)=O)CC(=O)O[C@H]1C2. The van der Waals surface area contributed by atoms with Crippen molar-refractivity contribution in [3.05, 3.63) is 34.4 Å². The molecule has 2 rings (SSSR count). The molecule has 0 amide bonds. The van der Waals surface area contributed by atoms with Gasteiger partial charge in [-0.1, -0.05) is 48.7 Å².